The molecule has 100 valence electrons. The molecule has 0 atom stereocenters. The van der Waals surface area contributed by atoms with E-state index >= 15 is 0 Å². The molecule has 19 heavy (non-hydrogen) atoms. The van der Waals surface area contributed by atoms with Gasteiger partial charge in [0.2, 0.25) is 0 Å². The third-order valence-corrected chi connectivity index (χ3v) is 3.21. The van der Waals surface area contributed by atoms with E-state index in [0.717, 1.165) is 25.1 Å². The lowest BCUT2D eigenvalue weighted by atomic mass is 9.98. The maximum Gasteiger partial charge on any atom is 0.123 e. The molecule has 2 aromatic rings. The Balaban J connectivity index is 2.24. The van der Waals surface area contributed by atoms with Gasteiger partial charge in [0.05, 0.1) is 0 Å². The smallest absolute Gasteiger partial charge is 0.123 e. The zero-order chi connectivity index (χ0) is 13.7. The van der Waals surface area contributed by atoms with Crippen LogP contribution in [0.3, 0.4) is 0 Å². The first-order valence-corrected chi connectivity index (χ1v) is 6.77. The molecule has 0 aliphatic rings. The highest BCUT2D eigenvalue weighted by molar-refractivity contribution is 5.67. The first kappa shape index (κ1) is 13.8. The molecule has 0 heterocycles. The molecule has 0 aliphatic carbocycles. The van der Waals surface area contributed by atoms with Crippen LogP contribution in [-0.4, -0.2) is 6.54 Å². The van der Waals surface area contributed by atoms with Crippen molar-refractivity contribution in [3.05, 3.63) is 59.4 Å². The fraction of sp³-hybridized carbons (Fsp3) is 0.294. The summed E-state index contributed by atoms with van der Waals surface area (Å²) < 4.78 is 13.0. The molecule has 0 bridgehead atoms. The van der Waals surface area contributed by atoms with Crippen molar-refractivity contribution in [3.8, 4) is 11.1 Å². The Morgan fingerprint density at radius 3 is 2.47 bits per heavy atom. The molecule has 0 radical (unpaired) electrons. The van der Waals surface area contributed by atoms with Crippen LogP contribution in [0.1, 0.15) is 24.5 Å². The van der Waals surface area contributed by atoms with Gasteiger partial charge >= 0.3 is 0 Å². The molecule has 0 saturated heterocycles. The summed E-state index contributed by atoms with van der Waals surface area (Å²) in [5.41, 5.74) is 4.72. The van der Waals surface area contributed by atoms with Crippen LogP contribution in [0, 0.1) is 12.7 Å². The summed E-state index contributed by atoms with van der Waals surface area (Å²) in [6.07, 6.45) is 1.14. The molecule has 2 heteroatoms. The van der Waals surface area contributed by atoms with Gasteiger partial charge < -0.3 is 5.32 Å². The third kappa shape index (κ3) is 3.65. The van der Waals surface area contributed by atoms with Gasteiger partial charge in [0, 0.05) is 6.54 Å². The van der Waals surface area contributed by atoms with E-state index in [0.29, 0.717) is 0 Å². The van der Waals surface area contributed by atoms with Crippen LogP contribution in [0.25, 0.3) is 11.1 Å². The first-order valence-electron chi connectivity index (χ1n) is 6.77. The van der Waals surface area contributed by atoms with Crippen molar-refractivity contribution in [2.75, 3.05) is 6.54 Å². The van der Waals surface area contributed by atoms with Gasteiger partial charge in [-0.25, -0.2) is 4.39 Å². The van der Waals surface area contributed by atoms with Gasteiger partial charge in [0.25, 0.3) is 0 Å². The van der Waals surface area contributed by atoms with E-state index in [1.54, 1.807) is 0 Å². The average molecular weight is 257 g/mol. The van der Waals surface area contributed by atoms with Crippen LogP contribution < -0.4 is 5.32 Å². The molecule has 0 saturated carbocycles. The van der Waals surface area contributed by atoms with Gasteiger partial charge in [-0.1, -0.05) is 31.2 Å². The number of hydrogen-bond acceptors (Lipinski definition) is 1. The van der Waals surface area contributed by atoms with Crippen LogP contribution in [-0.2, 0) is 6.54 Å². The van der Waals surface area contributed by atoms with Gasteiger partial charge in [0.1, 0.15) is 5.82 Å². The largest absolute Gasteiger partial charge is 0.313 e. The lowest BCUT2D eigenvalue weighted by Crippen LogP contribution is -2.13. The van der Waals surface area contributed by atoms with Crippen molar-refractivity contribution in [2.24, 2.45) is 0 Å². The molecular formula is C17H20FN. The van der Waals surface area contributed by atoms with Crippen molar-refractivity contribution in [3.63, 3.8) is 0 Å². The molecule has 0 aromatic heterocycles. The number of nitrogens with one attached hydrogen (secondary N) is 1. The van der Waals surface area contributed by atoms with Crippen molar-refractivity contribution in [1.29, 1.82) is 0 Å². The minimum atomic E-state index is -0.192. The molecule has 0 aliphatic heterocycles. The second-order valence-corrected chi connectivity index (χ2v) is 4.83. The summed E-state index contributed by atoms with van der Waals surface area (Å²) in [4.78, 5) is 0. The highest BCUT2D eigenvalue weighted by atomic mass is 19.1. The van der Waals surface area contributed by atoms with E-state index in [2.05, 4.69) is 37.4 Å². The number of halogens is 1. The van der Waals surface area contributed by atoms with Crippen molar-refractivity contribution < 1.29 is 4.39 Å². The standard InChI is InChI=1S/C17H20FN/c1-3-10-19-12-14-5-4-13(2)17(11-14)15-6-8-16(18)9-7-15/h4-9,11,19H,3,10,12H2,1-2H3. The zero-order valence-corrected chi connectivity index (χ0v) is 11.5. The summed E-state index contributed by atoms with van der Waals surface area (Å²) in [6.45, 7) is 6.15. The Labute approximate surface area is 114 Å². The number of benzene rings is 2. The SMILES string of the molecule is CCCNCc1ccc(C)c(-c2ccc(F)cc2)c1. The van der Waals surface area contributed by atoms with E-state index < -0.39 is 0 Å². The number of hydrogen-bond donors (Lipinski definition) is 1. The fourth-order valence-electron chi connectivity index (χ4n) is 2.13. The summed E-state index contributed by atoms with van der Waals surface area (Å²) in [6, 6.07) is 13.1. The summed E-state index contributed by atoms with van der Waals surface area (Å²) >= 11 is 0. The molecule has 0 spiro atoms. The average Bonchev–Trinajstić information content (AvgIpc) is 2.42. The van der Waals surface area contributed by atoms with Crippen molar-refractivity contribution in [2.45, 2.75) is 26.8 Å². The Hall–Kier alpha value is -1.67. The maximum atomic E-state index is 13.0. The van der Waals surface area contributed by atoms with Gasteiger partial charge in [-0.2, -0.15) is 0 Å². The topological polar surface area (TPSA) is 12.0 Å². The van der Waals surface area contributed by atoms with Gasteiger partial charge in [-0.3, -0.25) is 0 Å². The van der Waals surface area contributed by atoms with E-state index in [1.165, 1.54) is 28.8 Å². The van der Waals surface area contributed by atoms with Gasteiger partial charge in [0.15, 0.2) is 0 Å². The van der Waals surface area contributed by atoms with E-state index in [9.17, 15) is 4.39 Å². The highest BCUT2D eigenvalue weighted by Gasteiger charge is 2.04. The van der Waals surface area contributed by atoms with Crippen LogP contribution in [0.5, 0.6) is 0 Å². The molecule has 0 fully saturated rings. The number of aryl methyl sites for hydroxylation is 1. The van der Waals surface area contributed by atoms with Crippen LogP contribution in [0.15, 0.2) is 42.5 Å². The zero-order valence-electron chi connectivity index (χ0n) is 11.5. The summed E-state index contributed by atoms with van der Waals surface area (Å²) in [7, 11) is 0. The third-order valence-electron chi connectivity index (χ3n) is 3.21. The van der Waals surface area contributed by atoms with Crippen LogP contribution in [0.2, 0.25) is 0 Å². The number of rotatable bonds is 5. The Kier molecular flexibility index (Phi) is 4.69. The summed E-state index contributed by atoms with van der Waals surface area (Å²) in [5.74, 6) is -0.192. The molecule has 1 nitrogen and oxygen atoms in total. The monoisotopic (exact) mass is 257 g/mol. The van der Waals surface area contributed by atoms with Gasteiger partial charge in [-0.15, -0.1) is 0 Å². The minimum Gasteiger partial charge on any atom is -0.313 e. The lowest BCUT2D eigenvalue weighted by Gasteiger charge is -2.10. The predicted octanol–water partition coefficient (Wildman–Crippen LogP) is 4.30. The Bertz CT molecular complexity index is 531. The highest BCUT2D eigenvalue weighted by Crippen LogP contribution is 2.24. The second kappa shape index (κ2) is 6.48. The van der Waals surface area contributed by atoms with E-state index in [-0.39, 0.29) is 5.82 Å². The molecule has 2 rings (SSSR count). The summed E-state index contributed by atoms with van der Waals surface area (Å²) in [5, 5.41) is 3.40. The van der Waals surface area contributed by atoms with Crippen LogP contribution in [0.4, 0.5) is 4.39 Å². The minimum absolute atomic E-state index is 0.192. The quantitative estimate of drug-likeness (QED) is 0.787. The fourth-order valence-corrected chi connectivity index (χ4v) is 2.13. The molecule has 2 aromatic carbocycles. The Morgan fingerprint density at radius 2 is 1.79 bits per heavy atom. The van der Waals surface area contributed by atoms with E-state index in [1.807, 2.05) is 12.1 Å². The second-order valence-electron chi connectivity index (χ2n) is 4.83. The van der Waals surface area contributed by atoms with Crippen molar-refractivity contribution >= 4 is 0 Å². The van der Waals surface area contributed by atoms with Gasteiger partial charge in [-0.05, 0) is 60.3 Å². The molecule has 0 amide bonds. The molecule has 0 unspecified atom stereocenters. The predicted molar refractivity (Wildman–Crippen MR) is 78.6 cm³/mol. The van der Waals surface area contributed by atoms with Crippen molar-refractivity contribution in [1.82, 2.24) is 5.32 Å². The van der Waals surface area contributed by atoms with E-state index in [4.69, 9.17) is 0 Å². The van der Waals surface area contributed by atoms with Crippen LogP contribution >= 0.6 is 0 Å². The maximum absolute atomic E-state index is 13.0. The first-order chi connectivity index (χ1) is 9.20. The normalized spacial score (nSPS) is 10.7. The lowest BCUT2D eigenvalue weighted by molar-refractivity contribution is 0.628. The Morgan fingerprint density at radius 1 is 1.05 bits per heavy atom. The molecular weight excluding hydrogens is 237 g/mol. The molecule has 1 N–H and O–H groups in total.